The van der Waals surface area contributed by atoms with E-state index in [-0.39, 0.29) is 5.75 Å². The first kappa shape index (κ1) is 14.9. The van der Waals surface area contributed by atoms with Gasteiger partial charge in [0.15, 0.2) is 0 Å². The molecular formula is C11H23NO4S. The highest BCUT2D eigenvalue weighted by atomic mass is 32.2. The number of aliphatic hydroxyl groups is 1. The fourth-order valence-electron chi connectivity index (χ4n) is 1.44. The lowest BCUT2D eigenvalue weighted by atomic mass is 10.3. The predicted octanol–water partition coefficient (Wildman–Crippen LogP) is -0.202. The normalized spacial score (nSPS) is 18.2. The Balaban J connectivity index is 1.87. The molecule has 1 rings (SSSR count). The standard InChI is InChI=1S/C11H23NO4S/c1-17(14,15)6-2-5-12-7-11(13)9-16-8-10-3-4-10/h10-13H,2-9H2,1H3. The number of hydrogen-bond acceptors (Lipinski definition) is 5. The average molecular weight is 265 g/mol. The molecule has 0 aromatic carbocycles. The molecule has 1 fully saturated rings. The van der Waals surface area contributed by atoms with Crippen LogP contribution in [0.25, 0.3) is 0 Å². The summed E-state index contributed by atoms with van der Waals surface area (Å²) in [7, 11) is -2.87. The molecule has 5 nitrogen and oxygen atoms in total. The number of aliphatic hydroxyl groups excluding tert-OH is 1. The van der Waals surface area contributed by atoms with E-state index in [0.717, 1.165) is 6.61 Å². The van der Waals surface area contributed by atoms with E-state index in [1.54, 1.807) is 0 Å². The van der Waals surface area contributed by atoms with Gasteiger partial charge in [0, 0.05) is 19.4 Å². The molecule has 0 aromatic heterocycles. The predicted molar refractivity (Wildman–Crippen MR) is 66.7 cm³/mol. The van der Waals surface area contributed by atoms with Gasteiger partial charge in [-0.15, -0.1) is 0 Å². The average Bonchev–Trinajstić information content (AvgIpc) is 2.99. The van der Waals surface area contributed by atoms with E-state index in [2.05, 4.69) is 5.32 Å². The molecule has 0 bridgehead atoms. The second kappa shape index (κ2) is 7.31. The van der Waals surface area contributed by atoms with Crippen molar-refractivity contribution < 1.29 is 18.3 Å². The van der Waals surface area contributed by atoms with Gasteiger partial charge in [0.05, 0.1) is 18.5 Å². The minimum Gasteiger partial charge on any atom is -0.389 e. The summed E-state index contributed by atoms with van der Waals surface area (Å²) < 4.78 is 27.0. The van der Waals surface area contributed by atoms with Gasteiger partial charge in [-0.1, -0.05) is 0 Å². The molecule has 1 aliphatic rings. The molecule has 17 heavy (non-hydrogen) atoms. The van der Waals surface area contributed by atoms with Gasteiger partial charge in [0.25, 0.3) is 0 Å². The Kier molecular flexibility index (Phi) is 6.40. The van der Waals surface area contributed by atoms with Crippen LogP contribution in [0.5, 0.6) is 0 Å². The van der Waals surface area contributed by atoms with Gasteiger partial charge >= 0.3 is 0 Å². The van der Waals surface area contributed by atoms with Crippen LogP contribution < -0.4 is 5.32 Å². The summed E-state index contributed by atoms with van der Waals surface area (Å²) in [6.45, 7) is 2.17. The number of hydrogen-bond donors (Lipinski definition) is 2. The van der Waals surface area contributed by atoms with E-state index in [1.807, 2.05) is 0 Å². The van der Waals surface area contributed by atoms with Crippen LogP contribution in [0.2, 0.25) is 0 Å². The van der Waals surface area contributed by atoms with Crippen LogP contribution in [0.15, 0.2) is 0 Å². The largest absolute Gasteiger partial charge is 0.389 e. The Morgan fingerprint density at radius 2 is 2.18 bits per heavy atom. The summed E-state index contributed by atoms with van der Waals surface area (Å²) in [6.07, 6.45) is 3.80. The van der Waals surface area contributed by atoms with Gasteiger partial charge in [-0.2, -0.15) is 0 Å². The summed E-state index contributed by atoms with van der Waals surface area (Å²) in [5.41, 5.74) is 0. The Labute approximate surface area is 103 Å². The first-order valence-electron chi connectivity index (χ1n) is 6.11. The van der Waals surface area contributed by atoms with E-state index in [0.29, 0.717) is 32.0 Å². The fourth-order valence-corrected chi connectivity index (χ4v) is 2.11. The van der Waals surface area contributed by atoms with Crippen molar-refractivity contribution in [1.29, 1.82) is 0 Å². The lowest BCUT2D eigenvalue weighted by Gasteiger charge is -2.12. The van der Waals surface area contributed by atoms with Crippen molar-refractivity contribution in [3.63, 3.8) is 0 Å². The van der Waals surface area contributed by atoms with Crippen LogP contribution in [-0.2, 0) is 14.6 Å². The van der Waals surface area contributed by atoms with Crippen LogP contribution in [0.3, 0.4) is 0 Å². The SMILES string of the molecule is CS(=O)(=O)CCCNCC(O)COCC1CC1. The number of ether oxygens (including phenoxy) is 1. The lowest BCUT2D eigenvalue weighted by Crippen LogP contribution is -2.31. The van der Waals surface area contributed by atoms with Crippen molar-refractivity contribution in [2.24, 2.45) is 5.92 Å². The van der Waals surface area contributed by atoms with Crippen LogP contribution in [0, 0.1) is 5.92 Å². The fraction of sp³-hybridized carbons (Fsp3) is 1.00. The van der Waals surface area contributed by atoms with E-state index >= 15 is 0 Å². The maximum absolute atomic E-state index is 10.8. The molecule has 2 N–H and O–H groups in total. The molecular weight excluding hydrogens is 242 g/mol. The van der Waals surface area contributed by atoms with Crippen LogP contribution in [-0.4, -0.2) is 57.9 Å². The third-order valence-corrected chi connectivity index (χ3v) is 3.64. The van der Waals surface area contributed by atoms with E-state index in [1.165, 1.54) is 19.1 Å². The highest BCUT2D eigenvalue weighted by Gasteiger charge is 2.21. The molecule has 0 radical (unpaired) electrons. The molecule has 0 amide bonds. The first-order valence-corrected chi connectivity index (χ1v) is 8.17. The molecule has 0 heterocycles. The van der Waals surface area contributed by atoms with Gasteiger partial charge in [-0.05, 0) is 31.7 Å². The zero-order valence-electron chi connectivity index (χ0n) is 10.4. The maximum atomic E-state index is 10.8. The molecule has 102 valence electrons. The van der Waals surface area contributed by atoms with Crippen molar-refractivity contribution >= 4 is 9.84 Å². The zero-order chi connectivity index (χ0) is 12.7. The number of nitrogens with one attached hydrogen (secondary N) is 1. The van der Waals surface area contributed by atoms with Crippen molar-refractivity contribution in [3.05, 3.63) is 0 Å². The van der Waals surface area contributed by atoms with Gasteiger partial charge in [-0.3, -0.25) is 0 Å². The summed E-state index contributed by atoms with van der Waals surface area (Å²) >= 11 is 0. The topological polar surface area (TPSA) is 75.6 Å². The Morgan fingerprint density at radius 1 is 1.47 bits per heavy atom. The van der Waals surface area contributed by atoms with E-state index < -0.39 is 15.9 Å². The van der Waals surface area contributed by atoms with E-state index in [4.69, 9.17) is 4.74 Å². The number of sulfone groups is 1. The van der Waals surface area contributed by atoms with E-state index in [9.17, 15) is 13.5 Å². The lowest BCUT2D eigenvalue weighted by molar-refractivity contribution is 0.0327. The summed E-state index contributed by atoms with van der Waals surface area (Å²) in [5, 5.41) is 12.6. The Hall–Kier alpha value is -0.170. The minimum absolute atomic E-state index is 0.189. The molecule has 1 atom stereocenters. The molecule has 6 heteroatoms. The summed E-state index contributed by atoms with van der Waals surface area (Å²) in [6, 6.07) is 0. The molecule has 0 saturated heterocycles. The van der Waals surface area contributed by atoms with Crippen LogP contribution in [0.4, 0.5) is 0 Å². The smallest absolute Gasteiger partial charge is 0.147 e. The third-order valence-electron chi connectivity index (χ3n) is 2.61. The second-order valence-electron chi connectivity index (χ2n) is 4.82. The van der Waals surface area contributed by atoms with Gasteiger partial charge in [-0.25, -0.2) is 8.42 Å². The van der Waals surface area contributed by atoms with Crippen molar-refractivity contribution in [2.75, 3.05) is 38.3 Å². The molecule has 0 spiro atoms. The van der Waals surface area contributed by atoms with Crippen LogP contribution >= 0.6 is 0 Å². The molecule has 1 saturated carbocycles. The van der Waals surface area contributed by atoms with Gasteiger partial charge in [0.2, 0.25) is 0 Å². The van der Waals surface area contributed by atoms with Gasteiger partial charge < -0.3 is 15.2 Å². The molecule has 1 unspecified atom stereocenters. The van der Waals surface area contributed by atoms with Gasteiger partial charge in [0.1, 0.15) is 9.84 Å². The second-order valence-corrected chi connectivity index (χ2v) is 7.08. The maximum Gasteiger partial charge on any atom is 0.147 e. The number of rotatable bonds is 10. The molecule has 0 aliphatic heterocycles. The minimum atomic E-state index is -2.87. The Morgan fingerprint density at radius 3 is 2.76 bits per heavy atom. The molecule has 1 aliphatic carbocycles. The third kappa shape index (κ3) is 9.52. The highest BCUT2D eigenvalue weighted by molar-refractivity contribution is 7.90. The monoisotopic (exact) mass is 265 g/mol. The van der Waals surface area contributed by atoms with Crippen LogP contribution in [0.1, 0.15) is 19.3 Å². The quantitative estimate of drug-likeness (QED) is 0.535. The van der Waals surface area contributed by atoms with Crippen molar-refractivity contribution in [1.82, 2.24) is 5.32 Å². The highest BCUT2D eigenvalue weighted by Crippen LogP contribution is 2.28. The summed E-state index contributed by atoms with van der Waals surface area (Å²) in [4.78, 5) is 0. The zero-order valence-corrected chi connectivity index (χ0v) is 11.2. The first-order chi connectivity index (χ1) is 7.97. The summed E-state index contributed by atoms with van der Waals surface area (Å²) in [5.74, 6) is 0.902. The molecule has 0 aromatic rings. The van der Waals surface area contributed by atoms with Crippen molar-refractivity contribution in [3.8, 4) is 0 Å². The van der Waals surface area contributed by atoms with Crippen molar-refractivity contribution in [2.45, 2.75) is 25.4 Å². The Bertz CT molecular complexity index is 301.